The number of hydrogen-bond acceptors (Lipinski definition) is 5. The second kappa shape index (κ2) is 6.93. The van der Waals surface area contributed by atoms with E-state index in [9.17, 15) is 26.3 Å². The number of rotatable bonds is 3. The summed E-state index contributed by atoms with van der Waals surface area (Å²) < 4.78 is 75.4. The van der Waals surface area contributed by atoms with Crippen LogP contribution >= 0.6 is 11.3 Å². The number of halogens is 6. The molecule has 1 fully saturated rings. The summed E-state index contributed by atoms with van der Waals surface area (Å²) in [6, 6.07) is 2.27. The number of aromatic nitrogens is 2. The summed E-state index contributed by atoms with van der Waals surface area (Å²) in [5.41, 5.74) is -0.804. The van der Waals surface area contributed by atoms with E-state index in [1.807, 2.05) is 4.90 Å². The number of thiazole rings is 1. The summed E-state index contributed by atoms with van der Waals surface area (Å²) in [6.45, 7) is 1.07. The van der Waals surface area contributed by atoms with Crippen LogP contribution in [0.3, 0.4) is 0 Å². The van der Waals surface area contributed by atoms with Crippen LogP contribution in [0.2, 0.25) is 0 Å². The van der Waals surface area contributed by atoms with E-state index in [-0.39, 0.29) is 11.2 Å². The summed E-state index contributed by atoms with van der Waals surface area (Å²) in [4.78, 5) is 8.69. The molecule has 1 N–H and O–H groups in total. The molecule has 0 amide bonds. The van der Waals surface area contributed by atoms with Gasteiger partial charge >= 0.3 is 12.4 Å². The zero-order valence-corrected chi connectivity index (χ0v) is 14.0. The van der Waals surface area contributed by atoms with Gasteiger partial charge in [0, 0.05) is 25.3 Å². The quantitative estimate of drug-likeness (QED) is 0.767. The fourth-order valence-electron chi connectivity index (χ4n) is 2.64. The Bertz CT molecular complexity index is 732. The SMILES string of the molecule is FC(F)(F)c1ccc(N2CCC(Nc3ncc(C(F)(F)F)s3)CC2)nc1. The normalized spacial score (nSPS) is 16.8. The maximum atomic E-state index is 12.6. The van der Waals surface area contributed by atoms with E-state index in [1.165, 1.54) is 6.07 Å². The third kappa shape index (κ3) is 4.37. The minimum Gasteiger partial charge on any atom is -0.359 e. The molecule has 142 valence electrons. The third-order valence-electron chi connectivity index (χ3n) is 4.01. The van der Waals surface area contributed by atoms with Crippen LogP contribution in [0.4, 0.5) is 37.3 Å². The van der Waals surface area contributed by atoms with E-state index in [0.29, 0.717) is 43.1 Å². The van der Waals surface area contributed by atoms with E-state index >= 15 is 0 Å². The molecule has 0 bridgehead atoms. The van der Waals surface area contributed by atoms with Crippen LogP contribution in [0, 0.1) is 0 Å². The van der Waals surface area contributed by atoms with Crippen molar-refractivity contribution >= 4 is 22.3 Å². The van der Waals surface area contributed by atoms with Crippen molar-refractivity contribution in [2.45, 2.75) is 31.2 Å². The van der Waals surface area contributed by atoms with Gasteiger partial charge in [0.25, 0.3) is 0 Å². The largest absolute Gasteiger partial charge is 0.427 e. The Labute approximate surface area is 148 Å². The molecule has 0 atom stereocenters. The van der Waals surface area contributed by atoms with Gasteiger partial charge in [-0.3, -0.25) is 0 Å². The first-order valence-corrected chi connectivity index (χ1v) is 8.52. The maximum Gasteiger partial charge on any atom is 0.427 e. The van der Waals surface area contributed by atoms with Gasteiger partial charge in [0.1, 0.15) is 10.7 Å². The minimum atomic E-state index is -4.43. The van der Waals surface area contributed by atoms with Gasteiger partial charge in [-0.1, -0.05) is 11.3 Å². The fourth-order valence-corrected chi connectivity index (χ4v) is 3.40. The molecule has 1 aliphatic rings. The van der Waals surface area contributed by atoms with Crippen LogP contribution in [-0.4, -0.2) is 29.1 Å². The maximum absolute atomic E-state index is 12.6. The lowest BCUT2D eigenvalue weighted by Crippen LogP contribution is -2.39. The second-order valence-corrected chi connectivity index (χ2v) is 6.87. The molecule has 0 radical (unpaired) electrons. The van der Waals surface area contributed by atoms with Crippen molar-refractivity contribution in [2.75, 3.05) is 23.3 Å². The highest BCUT2D eigenvalue weighted by Gasteiger charge is 2.34. The van der Waals surface area contributed by atoms with Crippen LogP contribution < -0.4 is 10.2 Å². The van der Waals surface area contributed by atoms with Crippen molar-refractivity contribution in [1.29, 1.82) is 0 Å². The Morgan fingerprint density at radius 1 is 0.962 bits per heavy atom. The molecular formula is C15H14F6N4S. The first-order chi connectivity index (χ1) is 12.1. The number of pyridine rings is 1. The molecule has 1 aliphatic heterocycles. The molecule has 4 nitrogen and oxygen atoms in total. The van der Waals surface area contributed by atoms with Crippen LogP contribution in [0.25, 0.3) is 0 Å². The van der Waals surface area contributed by atoms with E-state index in [0.717, 1.165) is 18.5 Å². The van der Waals surface area contributed by atoms with Gasteiger partial charge < -0.3 is 10.2 Å². The molecule has 0 unspecified atom stereocenters. The van der Waals surface area contributed by atoms with E-state index in [4.69, 9.17) is 0 Å². The smallest absolute Gasteiger partial charge is 0.359 e. The van der Waals surface area contributed by atoms with Crippen molar-refractivity contribution in [3.63, 3.8) is 0 Å². The lowest BCUT2D eigenvalue weighted by Gasteiger charge is -2.33. The highest BCUT2D eigenvalue weighted by Crippen LogP contribution is 2.35. The standard InChI is InChI=1S/C15H14F6N4S/c16-14(17,18)9-1-2-12(22-7-9)25-5-3-10(4-6-25)24-13-23-8-11(26-13)15(19,20)21/h1-2,7-8,10H,3-6H2,(H,23,24). The number of hydrogen-bond donors (Lipinski definition) is 1. The number of nitrogens with zero attached hydrogens (tertiary/aromatic N) is 3. The highest BCUT2D eigenvalue weighted by atomic mass is 32.1. The minimum absolute atomic E-state index is 0.0482. The van der Waals surface area contributed by atoms with Gasteiger partial charge in [0.05, 0.1) is 11.8 Å². The van der Waals surface area contributed by atoms with E-state index in [1.54, 1.807) is 0 Å². The average molecular weight is 396 g/mol. The summed E-state index contributed by atoms with van der Waals surface area (Å²) in [5, 5.41) is 3.20. The predicted octanol–water partition coefficient (Wildman–Crippen LogP) is 4.66. The van der Waals surface area contributed by atoms with Gasteiger partial charge in [-0.15, -0.1) is 0 Å². The summed E-state index contributed by atoms with van der Waals surface area (Å²) >= 11 is 0.555. The molecule has 1 saturated heterocycles. The molecule has 3 heterocycles. The van der Waals surface area contributed by atoms with E-state index < -0.39 is 22.8 Å². The van der Waals surface area contributed by atoms with Crippen molar-refractivity contribution in [2.24, 2.45) is 0 Å². The Morgan fingerprint density at radius 3 is 2.15 bits per heavy atom. The monoisotopic (exact) mass is 396 g/mol. The zero-order valence-electron chi connectivity index (χ0n) is 13.2. The molecule has 0 aliphatic carbocycles. The van der Waals surface area contributed by atoms with Crippen LogP contribution in [0.15, 0.2) is 24.5 Å². The molecule has 3 rings (SSSR count). The Balaban J connectivity index is 1.55. The number of nitrogens with one attached hydrogen (secondary N) is 1. The van der Waals surface area contributed by atoms with Gasteiger partial charge in [0.15, 0.2) is 5.13 Å². The second-order valence-electron chi connectivity index (χ2n) is 5.84. The zero-order chi connectivity index (χ0) is 18.9. The Morgan fingerprint density at radius 2 is 1.65 bits per heavy atom. The average Bonchev–Trinajstić information content (AvgIpc) is 3.04. The van der Waals surface area contributed by atoms with Crippen molar-refractivity contribution in [3.8, 4) is 0 Å². The summed E-state index contributed by atoms with van der Waals surface area (Å²) in [5.74, 6) is 0.449. The van der Waals surface area contributed by atoms with Crippen LogP contribution in [0.5, 0.6) is 0 Å². The molecular weight excluding hydrogens is 382 g/mol. The van der Waals surface area contributed by atoms with Gasteiger partial charge in [-0.25, -0.2) is 9.97 Å². The molecule has 26 heavy (non-hydrogen) atoms. The van der Waals surface area contributed by atoms with E-state index in [2.05, 4.69) is 15.3 Å². The molecule has 2 aromatic rings. The molecule has 2 aromatic heterocycles. The Kier molecular flexibility index (Phi) is 5.00. The number of alkyl halides is 6. The van der Waals surface area contributed by atoms with Crippen molar-refractivity contribution in [3.05, 3.63) is 35.0 Å². The van der Waals surface area contributed by atoms with Crippen LogP contribution in [0.1, 0.15) is 23.3 Å². The number of piperidine rings is 1. The summed E-state index contributed by atoms with van der Waals surface area (Å²) in [7, 11) is 0. The van der Waals surface area contributed by atoms with Gasteiger partial charge in [0.2, 0.25) is 0 Å². The van der Waals surface area contributed by atoms with Crippen molar-refractivity contribution in [1.82, 2.24) is 9.97 Å². The lowest BCUT2D eigenvalue weighted by atomic mass is 10.1. The molecule has 0 spiro atoms. The lowest BCUT2D eigenvalue weighted by molar-refractivity contribution is -0.138. The first-order valence-electron chi connectivity index (χ1n) is 7.71. The fraction of sp³-hybridized carbons (Fsp3) is 0.467. The molecule has 11 heteroatoms. The van der Waals surface area contributed by atoms with Gasteiger partial charge in [-0.05, 0) is 25.0 Å². The number of anilines is 2. The Hall–Kier alpha value is -2.04. The van der Waals surface area contributed by atoms with Crippen LogP contribution in [-0.2, 0) is 12.4 Å². The van der Waals surface area contributed by atoms with Gasteiger partial charge in [-0.2, -0.15) is 26.3 Å². The highest BCUT2D eigenvalue weighted by molar-refractivity contribution is 7.15. The summed E-state index contributed by atoms with van der Waals surface area (Å²) in [6.07, 6.45) is -6.00. The third-order valence-corrected chi connectivity index (χ3v) is 4.98. The van der Waals surface area contributed by atoms with Crippen molar-refractivity contribution < 1.29 is 26.3 Å². The molecule has 0 saturated carbocycles. The predicted molar refractivity (Wildman–Crippen MR) is 85.2 cm³/mol. The first kappa shape index (κ1) is 18.7. The topological polar surface area (TPSA) is 41.0 Å². The molecule has 0 aromatic carbocycles.